The van der Waals surface area contributed by atoms with Crippen molar-refractivity contribution in [3.05, 3.63) is 104 Å². The molecular formula is C37H38BrNO6. The van der Waals surface area contributed by atoms with E-state index < -0.39 is 5.92 Å². The number of carbonyl (C=O) groups excluding carboxylic acids is 2. The summed E-state index contributed by atoms with van der Waals surface area (Å²) in [7, 11) is 3.61. The van der Waals surface area contributed by atoms with Crippen molar-refractivity contribution in [2.45, 2.75) is 64.6 Å². The lowest BCUT2D eigenvalue weighted by atomic mass is 9.71. The molecule has 0 saturated heterocycles. The van der Waals surface area contributed by atoms with Crippen molar-refractivity contribution in [1.29, 1.82) is 0 Å². The number of hydrogen-bond donors (Lipinski definition) is 0. The molecule has 45 heavy (non-hydrogen) atoms. The van der Waals surface area contributed by atoms with E-state index in [2.05, 4.69) is 20.8 Å². The van der Waals surface area contributed by atoms with Crippen LogP contribution in [0.5, 0.6) is 23.0 Å². The molecule has 7 nitrogen and oxygen atoms in total. The Labute approximate surface area is 272 Å². The van der Waals surface area contributed by atoms with Crippen LogP contribution >= 0.6 is 15.9 Å². The zero-order valence-corrected chi connectivity index (χ0v) is 27.6. The number of Topliss-reactive ketones (excluding diaryl/α,β-unsaturated/α-hetero) is 2. The average molecular weight is 673 g/mol. The average Bonchev–Trinajstić information content (AvgIpc) is 3.05. The number of ether oxygens (including phenoxy) is 4. The van der Waals surface area contributed by atoms with Crippen molar-refractivity contribution in [3.63, 3.8) is 0 Å². The minimum absolute atomic E-state index is 0.120. The Morgan fingerprint density at radius 3 is 2.07 bits per heavy atom. The fourth-order valence-electron chi connectivity index (χ4n) is 6.65. The van der Waals surface area contributed by atoms with Crippen LogP contribution < -0.4 is 18.9 Å². The zero-order valence-electron chi connectivity index (χ0n) is 26.0. The van der Waals surface area contributed by atoms with E-state index in [4.69, 9.17) is 18.9 Å². The second kappa shape index (κ2) is 13.5. The molecule has 3 aromatic rings. The van der Waals surface area contributed by atoms with Gasteiger partial charge < -0.3 is 23.8 Å². The molecule has 234 valence electrons. The molecule has 6 rings (SSSR count). The summed E-state index contributed by atoms with van der Waals surface area (Å²) >= 11 is 3.73. The minimum atomic E-state index is -0.414. The largest absolute Gasteiger partial charge is 0.493 e. The third kappa shape index (κ3) is 6.25. The van der Waals surface area contributed by atoms with E-state index in [0.29, 0.717) is 53.5 Å². The SMILES string of the molecule is CCOc1cc(COc2c(Br)cc(C3C4=C(CCCC4=O)N(C)C4=C3C(=O)CCC4)cc2OC)ccc1OCc1ccccc1. The first-order valence-electron chi connectivity index (χ1n) is 15.6. The number of rotatable bonds is 10. The molecule has 0 fully saturated rings. The second-order valence-corrected chi connectivity index (χ2v) is 12.4. The molecule has 2 aliphatic carbocycles. The van der Waals surface area contributed by atoms with Crippen LogP contribution in [-0.2, 0) is 22.8 Å². The maximum Gasteiger partial charge on any atom is 0.175 e. The van der Waals surface area contributed by atoms with E-state index in [-0.39, 0.29) is 18.2 Å². The first-order valence-corrected chi connectivity index (χ1v) is 16.4. The Morgan fingerprint density at radius 1 is 0.756 bits per heavy atom. The van der Waals surface area contributed by atoms with Gasteiger partial charge in [-0.3, -0.25) is 9.59 Å². The molecule has 3 aromatic carbocycles. The van der Waals surface area contributed by atoms with Crippen molar-refractivity contribution in [3.8, 4) is 23.0 Å². The normalized spacial score (nSPS) is 16.8. The molecule has 8 heteroatoms. The van der Waals surface area contributed by atoms with E-state index in [0.717, 1.165) is 64.9 Å². The third-order valence-corrected chi connectivity index (χ3v) is 9.35. The highest BCUT2D eigenvalue weighted by Gasteiger charge is 2.42. The number of carbonyl (C=O) groups is 2. The summed E-state index contributed by atoms with van der Waals surface area (Å²) in [5.41, 5.74) is 6.42. The smallest absolute Gasteiger partial charge is 0.175 e. The van der Waals surface area contributed by atoms with Gasteiger partial charge in [-0.1, -0.05) is 36.4 Å². The Kier molecular flexibility index (Phi) is 9.31. The Balaban J connectivity index is 1.28. The molecule has 0 N–H and O–H groups in total. The van der Waals surface area contributed by atoms with E-state index in [1.54, 1.807) is 7.11 Å². The van der Waals surface area contributed by atoms with E-state index in [1.807, 2.05) is 74.6 Å². The summed E-state index contributed by atoms with van der Waals surface area (Å²) in [4.78, 5) is 28.9. The lowest BCUT2D eigenvalue weighted by Gasteiger charge is -2.42. The van der Waals surface area contributed by atoms with Crippen molar-refractivity contribution in [2.75, 3.05) is 20.8 Å². The number of hydrogen-bond acceptors (Lipinski definition) is 7. The first-order chi connectivity index (χ1) is 21.9. The Bertz CT molecular complexity index is 1630. The summed E-state index contributed by atoms with van der Waals surface area (Å²) in [5, 5.41) is 0. The van der Waals surface area contributed by atoms with Crippen LogP contribution in [0.15, 0.2) is 87.7 Å². The standard InChI is InChI=1S/C37H38BrNO6/c1-4-43-32-18-24(16-17-31(32)44-21-23-10-6-5-7-11-23)22-45-37-26(38)19-25(20-33(37)42-3)34-35-27(12-8-14-29(35)40)39(2)28-13-9-15-30(41)36(28)34/h5-7,10-11,16-20,34H,4,8-9,12-15,21-22H2,1-3H3. The van der Waals surface area contributed by atoms with E-state index in [1.165, 1.54) is 0 Å². The topological polar surface area (TPSA) is 74.3 Å². The van der Waals surface area contributed by atoms with Crippen LogP contribution in [0.1, 0.15) is 68.1 Å². The fourth-order valence-corrected chi connectivity index (χ4v) is 7.23. The van der Waals surface area contributed by atoms with Crippen molar-refractivity contribution < 1.29 is 28.5 Å². The van der Waals surface area contributed by atoms with Crippen LogP contribution in [0.4, 0.5) is 0 Å². The number of benzene rings is 3. The number of nitrogens with zero attached hydrogens (tertiary/aromatic N) is 1. The predicted octanol–water partition coefficient (Wildman–Crippen LogP) is 8.06. The number of methoxy groups -OCH3 is 1. The van der Waals surface area contributed by atoms with Gasteiger partial charge in [0.1, 0.15) is 13.2 Å². The van der Waals surface area contributed by atoms with Gasteiger partial charge in [0, 0.05) is 48.3 Å². The van der Waals surface area contributed by atoms with Gasteiger partial charge in [0.15, 0.2) is 34.6 Å². The highest BCUT2D eigenvalue weighted by atomic mass is 79.9. The zero-order chi connectivity index (χ0) is 31.5. The molecule has 0 atom stereocenters. The summed E-state index contributed by atoms with van der Waals surface area (Å²) in [6.45, 7) is 3.16. The molecule has 1 aliphatic heterocycles. The summed E-state index contributed by atoms with van der Waals surface area (Å²) in [6, 6.07) is 19.7. The Morgan fingerprint density at radius 2 is 1.42 bits per heavy atom. The maximum absolute atomic E-state index is 13.4. The van der Waals surface area contributed by atoms with Crippen LogP contribution in [0, 0.1) is 0 Å². The van der Waals surface area contributed by atoms with Gasteiger partial charge in [-0.2, -0.15) is 0 Å². The third-order valence-electron chi connectivity index (χ3n) is 8.76. The molecule has 1 heterocycles. The van der Waals surface area contributed by atoms with Crippen molar-refractivity contribution in [2.24, 2.45) is 0 Å². The molecule has 0 saturated carbocycles. The molecule has 3 aliphatic rings. The van der Waals surface area contributed by atoms with Crippen LogP contribution in [0.25, 0.3) is 0 Å². The summed E-state index contributed by atoms with van der Waals surface area (Å²) in [5.74, 6) is 2.22. The molecule has 0 spiro atoms. The molecule has 0 unspecified atom stereocenters. The minimum Gasteiger partial charge on any atom is -0.493 e. The lowest BCUT2D eigenvalue weighted by molar-refractivity contribution is -0.117. The number of allylic oxidation sites excluding steroid dienone is 4. The van der Waals surface area contributed by atoms with Gasteiger partial charge in [-0.05, 0) is 89.5 Å². The number of halogens is 1. The van der Waals surface area contributed by atoms with Gasteiger partial charge in [0.05, 0.1) is 18.2 Å². The molecular weight excluding hydrogens is 634 g/mol. The van der Waals surface area contributed by atoms with Gasteiger partial charge in [0.2, 0.25) is 0 Å². The summed E-state index contributed by atoms with van der Waals surface area (Å²) in [6.07, 6.45) is 4.32. The van der Waals surface area contributed by atoms with Gasteiger partial charge in [-0.25, -0.2) is 0 Å². The monoisotopic (exact) mass is 671 g/mol. The molecule has 0 radical (unpaired) electrons. The van der Waals surface area contributed by atoms with Gasteiger partial charge in [-0.15, -0.1) is 0 Å². The number of ketones is 2. The van der Waals surface area contributed by atoms with Gasteiger partial charge >= 0.3 is 0 Å². The second-order valence-electron chi connectivity index (χ2n) is 11.6. The van der Waals surface area contributed by atoms with Gasteiger partial charge in [0.25, 0.3) is 0 Å². The Hall–Kier alpha value is -4.04. The molecule has 0 aromatic heterocycles. The van der Waals surface area contributed by atoms with E-state index in [9.17, 15) is 9.59 Å². The first kappa shape index (κ1) is 31.0. The highest BCUT2D eigenvalue weighted by Crippen LogP contribution is 2.50. The van der Waals surface area contributed by atoms with Crippen molar-refractivity contribution >= 4 is 27.5 Å². The summed E-state index contributed by atoms with van der Waals surface area (Å²) < 4.78 is 24.8. The van der Waals surface area contributed by atoms with Crippen LogP contribution in [0.2, 0.25) is 0 Å². The molecule has 0 amide bonds. The van der Waals surface area contributed by atoms with Crippen LogP contribution in [0.3, 0.4) is 0 Å². The maximum atomic E-state index is 13.4. The highest BCUT2D eigenvalue weighted by molar-refractivity contribution is 9.10. The quantitative estimate of drug-likeness (QED) is 0.216. The fraction of sp³-hybridized carbons (Fsp3) is 0.351. The van der Waals surface area contributed by atoms with Crippen molar-refractivity contribution in [1.82, 2.24) is 4.90 Å². The molecule has 0 bridgehead atoms. The van der Waals surface area contributed by atoms with E-state index >= 15 is 0 Å². The predicted molar refractivity (Wildman–Crippen MR) is 176 cm³/mol. The lowest BCUT2D eigenvalue weighted by Crippen LogP contribution is -2.37. The van der Waals surface area contributed by atoms with Crippen LogP contribution in [-0.4, -0.2) is 37.2 Å².